The zero-order valence-electron chi connectivity index (χ0n) is 9.56. The molecule has 0 aliphatic carbocycles. The van der Waals surface area contributed by atoms with Crippen molar-refractivity contribution in [3.05, 3.63) is 12.0 Å². The van der Waals surface area contributed by atoms with E-state index >= 15 is 0 Å². The van der Waals surface area contributed by atoms with Crippen LogP contribution in [0.2, 0.25) is 0 Å². The topological polar surface area (TPSA) is 78.8 Å². The first-order valence-electron chi connectivity index (χ1n) is 5.56. The largest absolute Gasteiger partial charge is 0.495 e. The van der Waals surface area contributed by atoms with Crippen molar-refractivity contribution in [3.63, 3.8) is 0 Å². The van der Waals surface area contributed by atoms with Crippen LogP contribution in [0, 0.1) is 0 Å². The van der Waals surface area contributed by atoms with Gasteiger partial charge in [0.1, 0.15) is 6.29 Å². The second-order valence-corrected chi connectivity index (χ2v) is 3.86. The summed E-state index contributed by atoms with van der Waals surface area (Å²) in [6.45, 7) is 5.73. The number of hydrogen-bond donors (Lipinski definition) is 3. The molecule has 15 heavy (non-hydrogen) atoms. The Hall–Kier alpha value is -0.780. The van der Waals surface area contributed by atoms with E-state index in [4.69, 9.17) is 11.5 Å². The van der Waals surface area contributed by atoms with Gasteiger partial charge in [-0.15, -0.1) is 0 Å². The van der Waals surface area contributed by atoms with Crippen LogP contribution in [0.15, 0.2) is 12.0 Å². The minimum Gasteiger partial charge on any atom is -0.495 e. The highest BCUT2D eigenvalue weighted by Gasteiger charge is 2.30. The van der Waals surface area contributed by atoms with Crippen LogP contribution in [0.3, 0.4) is 0 Å². The maximum absolute atomic E-state index is 9.73. The van der Waals surface area contributed by atoms with Crippen molar-refractivity contribution in [2.45, 2.75) is 39.1 Å². The molecule has 0 aromatic heterocycles. The van der Waals surface area contributed by atoms with E-state index in [1.165, 1.54) is 0 Å². The highest BCUT2D eigenvalue weighted by molar-refractivity contribution is 5.04. The van der Waals surface area contributed by atoms with Gasteiger partial charge in [-0.1, -0.05) is 13.8 Å². The number of nitrogens with zero attached hydrogens (tertiary/aromatic N) is 2. The van der Waals surface area contributed by atoms with E-state index in [0.717, 1.165) is 25.9 Å². The van der Waals surface area contributed by atoms with Crippen molar-refractivity contribution >= 4 is 0 Å². The van der Waals surface area contributed by atoms with E-state index in [1.807, 2.05) is 4.90 Å². The first-order chi connectivity index (χ1) is 7.11. The molecule has 5 nitrogen and oxygen atoms in total. The summed E-state index contributed by atoms with van der Waals surface area (Å²) < 4.78 is 0. The third kappa shape index (κ3) is 2.62. The molecule has 0 radical (unpaired) electrons. The molecule has 0 aromatic rings. The van der Waals surface area contributed by atoms with Crippen LogP contribution in [0.5, 0.6) is 0 Å². The molecule has 1 heterocycles. The Morgan fingerprint density at radius 1 is 1.27 bits per heavy atom. The summed E-state index contributed by atoms with van der Waals surface area (Å²) in [6.07, 6.45) is 2.99. The lowest BCUT2D eigenvalue weighted by Crippen LogP contribution is -2.62. The fourth-order valence-electron chi connectivity index (χ4n) is 1.86. The van der Waals surface area contributed by atoms with E-state index in [-0.39, 0.29) is 18.3 Å². The summed E-state index contributed by atoms with van der Waals surface area (Å²) in [5, 5.41) is 9.73. The second-order valence-electron chi connectivity index (χ2n) is 3.86. The molecule has 0 saturated heterocycles. The molecule has 5 heteroatoms. The Balaban J connectivity index is 2.78. The molecule has 0 saturated carbocycles. The van der Waals surface area contributed by atoms with Gasteiger partial charge in [0.05, 0.1) is 6.17 Å². The summed E-state index contributed by atoms with van der Waals surface area (Å²) in [5.74, 6) is 0.198. The molecule has 88 valence electrons. The van der Waals surface area contributed by atoms with Crippen LogP contribution in [0.1, 0.15) is 26.7 Å². The molecule has 0 amide bonds. The molecule has 1 aliphatic heterocycles. The Bertz CT molecular complexity index is 231. The smallest absolute Gasteiger partial charge is 0.187 e. The van der Waals surface area contributed by atoms with Crippen molar-refractivity contribution < 1.29 is 5.11 Å². The lowest BCUT2D eigenvalue weighted by atomic mass is 10.2. The molecule has 2 atom stereocenters. The van der Waals surface area contributed by atoms with Crippen LogP contribution < -0.4 is 11.5 Å². The van der Waals surface area contributed by atoms with Crippen LogP contribution >= 0.6 is 0 Å². The molecule has 1 aliphatic rings. The number of rotatable bonds is 4. The van der Waals surface area contributed by atoms with Gasteiger partial charge in [-0.2, -0.15) is 0 Å². The molecular weight excluding hydrogens is 192 g/mol. The zero-order valence-corrected chi connectivity index (χ0v) is 9.56. The number of nitrogens with two attached hydrogens (primary N) is 2. The second kappa shape index (κ2) is 5.34. The van der Waals surface area contributed by atoms with Crippen molar-refractivity contribution in [2.75, 3.05) is 13.1 Å². The van der Waals surface area contributed by atoms with Gasteiger partial charge < -0.3 is 15.7 Å². The maximum Gasteiger partial charge on any atom is 0.187 e. The van der Waals surface area contributed by atoms with Gasteiger partial charge in [0.25, 0.3) is 0 Å². The Labute approximate surface area is 91.3 Å². The predicted octanol–water partition coefficient (Wildman–Crippen LogP) is 0.351. The SMILES string of the molecule is CCCN1C(O)=CC(N)N(CCC)C1N. The minimum atomic E-state index is -0.315. The monoisotopic (exact) mass is 214 g/mol. The summed E-state index contributed by atoms with van der Waals surface area (Å²) in [7, 11) is 0. The predicted molar refractivity (Wildman–Crippen MR) is 60.7 cm³/mol. The lowest BCUT2D eigenvalue weighted by molar-refractivity contribution is -0.00172. The summed E-state index contributed by atoms with van der Waals surface area (Å²) in [5.41, 5.74) is 11.9. The molecular formula is C10H22N4O. The summed E-state index contributed by atoms with van der Waals surface area (Å²) >= 11 is 0. The summed E-state index contributed by atoms with van der Waals surface area (Å²) in [4.78, 5) is 3.76. The van der Waals surface area contributed by atoms with E-state index in [0.29, 0.717) is 0 Å². The van der Waals surface area contributed by atoms with Crippen LogP contribution in [0.4, 0.5) is 0 Å². The van der Waals surface area contributed by atoms with Crippen molar-refractivity contribution in [1.29, 1.82) is 0 Å². The quantitative estimate of drug-likeness (QED) is 0.629. The van der Waals surface area contributed by atoms with Gasteiger partial charge in [-0.05, 0) is 12.8 Å². The molecule has 2 unspecified atom stereocenters. The van der Waals surface area contributed by atoms with Crippen LogP contribution in [-0.4, -0.2) is 40.5 Å². The van der Waals surface area contributed by atoms with Gasteiger partial charge in [0.15, 0.2) is 5.88 Å². The van der Waals surface area contributed by atoms with E-state index < -0.39 is 0 Å². The highest BCUT2D eigenvalue weighted by atomic mass is 16.3. The Morgan fingerprint density at radius 2 is 1.87 bits per heavy atom. The van der Waals surface area contributed by atoms with Crippen molar-refractivity contribution in [1.82, 2.24) is 9.80 Å². The molecule has 0 bridgehead atoms. The molecule has 0 spiro atoms. The Kier molecular flexibility index (Phi) is 4.38. The average Bonchev–Trinajstić information content (AvgIpc) is 2.19. The number of hydrogen-bond acceptors (Lipinski definition) is 5. The maximum atomic E-state index is 9.73. The number of aliphatic hydroxyl groups excluding tert-OH is 1. The minimum absolute atomic E-state index is 0.198. The van der Waals surface area contributed by atoms with Gasteiger partial charge >= 0.3 is 0 Å². The Morgan fingerprint density at radius 3 is 2.40 bits per heavy atom. The van der Waals surface area contributed by atoms with Gasteiger partial charge in [-0.25, -0.2) is 0 Å². The fourth-order valence-corrected chi connectivity index (χ4v) is 1.86. The summed E-state index contributed by atoms with van der Waals surface area (Å²) in [6, 6.07) is 0. The average molecular weight is 214 g/mol. The third-order valence-electron chi connectivity index (χ3n) is 2.60. The van der Waals surface area contributed by atoms with Crippen LogP contribution in [-0.2, 0) is 0 Å². The third-order valence-corrected chi connectivity index (χ3v) is 2.60. The lowest BCUT2D eigenvalue weighted by Gasteiger charge is -2.43. The van der Waals surface area contributed by atoms with Gasteiger partial charge in [0, 0.05) is 19.2 Å². The fraction of sp³-hybridized carbons (Fsp3) is 0.800. The zero-order chi connectivity index (χ0) is 11.4. The molecule has 0 aromatic carbocycles. The molecule has 5 N–H and O–H groups in total. The molecule has 1 rings (SSSR count). The van der Waals surface area contributed by atoms with E-state index in [2.05, 4.69) is 13.8 Å². The van der Waals surface area contributed by atoms with Crippen LogP contribution in [0.25, 0.3) is 0 Å². The van der Waals surface area contributed by atoms with E-state index in [9.17, 15) is 5.11 Å². The van der Waals surface area contributed by atoms with Gasteiger partial charge in [-0.3, -0.25) is 10.6 Å². The highest BCUT2D eigenvalue weighted by Crippen LogP contribution is 2.17. The van der Waals surface area contributed by atoms with E-state index in [1.54, 1.807) is 11.0 Å². The molecule has 0 fully saturated rings. The van der Waals surface area contributed by atoms with Crippen molar-refractivity contribution in [3.8, 4) is 0 Å². The normalized spacial score (nSPS) is 28.0. The first-order valence-corrected chi connectivity index (χ1v) is 5.56. The van der Waals surface area contributed by atoms with Gasteiger partial charge in [0.2, 0.25) is 0 Å². The first kappa shape index (κ1) is 12.3. The van der Waals surface area contributed by atoms with Crippen molar-refractivity contribution in [2.24, 2.45) is 11.5 Å². The standard InChI is InChI=1S/C10H22N4O/c1-3-5-13-8(11)7-9(15)14(6-4-2)10(13)12/h7-8,10,15H,3-6,11-12H2,1-2H3. The number of aliphatic hydroxyl groups is 1.